The van der Waals surface area contributed by atoms with E-state index in [0.717, 1.165) is 4.68 Å². The van der Waals surface area contributed by atoms with Crippen LogP contribution in [0.3, 0.4) is 0 Å². The molecule has 8 nitrogen and oxygen atoms in total. The number of nitriles is 3. The Morgan fingerprint density at radius 3 is 2.67 bits per heavy atom. The van der Waals surface area contributed by atoms with Gasteiger partial charge in [-0.3, -0.25) is 4.79 Å². The van der Waals surface area contributed by atoms with Crippen LogP contribution < -0.4 is 5.73 Å². The van der Waals surface area contributed by atoms with E-state index in [2.05, 4.69) is 10.1 Å². The fourth-order valence-corrected chi connectivity index (χ4v) is 1.58. The molecule has 8 heteroatoms. The molecule has 86 valence electrons. The van der Waals surface area contributed by atoms with E-state index in [0.29, 0.717) is 0 Å². The summed E-state index contributed by atoms with van der Waals surface area (Å²) < 4.78 is 0.857. The predicted octanol–water partition coefficient (Wildman–Crippen LogP) is -0.397. The van der Waals surface area contributed by atoms with Crippen LogP contribution in [-0.4, -0.2) is 21.5 Å². The van der Waals surface area contributed by atoms with Crippen molar-refractivity contribution in [2.75, 3.05) is 0 Å². The average molecular weight is 239 g/mol. The van der Waals surface area contributed by atoms with E-state index in [4.69, 9.17) is 21.5 Å². The number of nitrogens with two attached hydrogens (primary N) is 1. The first-order chi connectivity index (χ1) is 8.63. The lowest BCUT2D eigenvalue weighted by molar-refractivity contribution is 0.0876. The Bertz CT molecular complexity index is 692. The van der Waals surface area contributed by atoms with Gasteiger partial charge in [0.2, 0.25) is 0 Å². The van der Waals surface area contributed by atoms with Crippen molar-refractivity contribution in [3.05, 3.63) is 11.3 Å². The zero-order valence-corrected chi connectivity index (χ0v) is 8.95. The number of carbonyl (C=O) groups is 1. The van der Waals surface area contributed by atoms with Crippen LogP contribution >= 0.6 is 0 Å². The number of aromatic nitrogens is 2. The molecular weight excluding hydrogens is 234 g/mol. The zero-order valence-electron chi connectivity index (χ0n) is 8.95. The van der Waals surface area contributed by atoms with Gasteiger partial charge in [-0.05, 0) is 0 Å². The van der Waals surface area contributed by atoms with Crippen LogP contribution in [0.4, 0.5) is 5.82 Å². The summed E-state index contributed by atoms with van der Waals surface area (Å²) in [6.07, 6.45) is -0.122. The molecule has 1 atom stereocenters. The first kappa shape index (κ1) is 11.3. The van der Waals surface area contributed by atoms with Crippen LogP contribution in [0.1, 0.15) is 16.1 Å². The zero-order chi connectivity index (χ0) is 13.3. The Kier molecular flexibility index (Phi) is 2.52. The lowest BCUT2D eigenvalue weighted by atomic mass is 10.1. The van der Waals surface area contributed by atoms with Crippen molar-refractivity contribution in [3.63, 3.8) is 0 Å². The van der Waals surface area contributed by atoms with Crippen molar-refractivity contribution in [1.29, 1.82) is 15.8 Å². The highest BCUT2D eigenvalue weighted by molar-refractivity contribution is 6.09. The number of carbonyl (C=O) groups excluding carboxylic acids is 1. The van der Waals surface area contributed by atoms with Crippen molar-refractivity contribution in [3.8, 4) is 18.2 Å². The second-order valence-corrected chi connectivity index (χ2v) is 3.44. The van der Waals surface area contributed by atoms with Gasteiger partial charge in [0.25, 0.3) is 5.91 Å². The molecule has 1 unspecified atom stereocenters. The maximum atomic E-state index is 11.9. The number of aliphatic imine (C=N–C) groups is 1. The smallest absolute Gasteiger partial charge is 0.273 e. The van der Waals surface area contributed by atoms with Gasteiger partial charge in [-0.1, -0.05) is 0 Å². The molecule has 2 rings (SSSR count). The number of nitrogens with zero attached hydrogens (tertiary/aromatic N) is 6. The van der Waals surface area contributed by atoms with Crippen LogP contribution in [0.25, 0.3) is 0 Å². The topological polar surface area (TPSA) is 145 Å². The minimum atomic E-state index is -1.21. The molecule has 1 aliphatic rings. The van der Waals surface area contributed by atoms with Crippen molar-refractivity contribution in [2.24, 2.45) is 16.6 Å². The molecule has 1 aromatic heterocycles. The fraction of sp³-hybridized carbons (Fsp3) is 0.200. The Morgan fingerprint density at radius 1 is 1.39 bits per heavy atom. The summed E-state index contributed by atoms with van der Waals surface area (Å²) in [5.41, 5.74) is 5.68. The highest BCUT2D eigenvalue weighted by atomic mass is 16.2. The van der Waals surface area contributed by atoms with E-state index in [1.165, 1.54) is 0 Å². The third kappa shape index (κ3) is 1.40. The van der Waals surface area contributed by atoms with E-state index in [1.54, 1.807) is 6.07 Å². The van der Waals surface area contributed by atoms with E-state index in [1.807, 2.05) is 12.1 Å². The highest BCUT2D eigenvalue weighted by Crippen LogP contribution is 2.27. The average Bonchev–Trinajstić information content (AvgIpc) is 2.68. The summed E-state index contributed by atoms with van der Waals surface area (Å²) in [6, 6.07) is 5.38. The molecule has 1 aromatic rings. The Hall–Kier alpha value is -3.18. The molecule has 0 aromatic carbocycles. The van der Waals surface area contributed by atoms with Gasteiger partial charge in [-0.25, -0.2) is 4.99 Å². The van der Waals surface area contributed by atoms with Crippen LogP contribution in [0.15, 0.2) is 4.99 Å². The van der Waals surface area contributed by atoms with Gasteiger partial charge in [0.05, 0.1) is 24.3 Å². The highest BCUT2D eigenvalue weighted by Gasteiger charge is 2.34. The van der Waals surface area contributed by atoms with Crippen LogP contribution in [0, 0.1) is 39.9 Å². The third-order valence-corrected chi connectivity index (χ3v) is 2.41. The van der Waals surface area contributed by atoms with Crippen LogP contribution in [0.5, 0.6) is 0 Å². The molecule has 0 saturated heterocycles. The third-order valence-electron chi connectivity index (χ3n) is 2.41. The Labute approximate surface area is 101 Å². The summed E-state index contributed by atoms with van der Waals surface area (Å²) in [5.74, 6) is -2.06. The molecule has 0 aliphatic carbocycles. The van der Waals surface area contributed by atoms with Gasteiger partial charge in [0.15, 0.2) is 11.7 Å². The monoisotopic (exact) mass is 239 g/mol. The predicted molar refractivity (Wildman–Crippen MR) is 57.3 cm³/mol. The molecule has 0 amide bonds. The fourth-order valence-electron chi connectivity index (χ4n) is 1.58. The van der Waals surface area contributed by atoms with Gasteiger partial charge in [0, 0.05) is 0 Å². The van der Waals surface area contributed by atoms with E-state index >= 15 is 0 Å². The molecule has 0 spiro atoms. The largest absolute Gasteiger partial charge is 0.386 e. The first-order valence-electron chi connectivity index (χ1n) is 4.80. The van der Waals surface area contributed by atoms with Gasteiger partial charge in [-0.2, -0.15) is 25.6 Å². The van der Waals surface area contributed by atoms with Crippen LogP contribution in [0.2, 0.25) is 0 Å². The lowest BCUT2D eigenvalue weighted by Gasteiger charge is -2.13. The molecule has 18 heavy (non-hydrogen) atoms. The quantitative estimate of drug-likeness (QED) is 0.705. The number of amidine groups is 1. The standard InChI is InChI=1S/C10H5N7O/c11-2-1-7-5(3-12)9-15-8(14)6(4-13)10(18)17(9)16-7/h6H,1H2,(H2,14,15). The van der Waals surface area contributed by atoms with Gasteiger partial charge in [0.1, 0.15) is 17.5 Å². The van der Waals surface area contributed by atoms with Crippen LogP contribution in [-0.2, 0) is 6.42 Å². The Morgan fingerprint density at radius 2 is 2.11 bits per heavy atom. The summed E-state index contributed by atoms with van der Waals surface area (Å²) in [6.45, 7) is 0. The normalized spacial score (nSPS) is 17.1. The number of fused-ring (bicyclic) bond motifs is 1. The molecule has 2 heterocycles. The summed E-state index contributed by atoms with van der Waals surface area (Å²) in [4.78, 5) is 15.7. The molecule has 0 saturated carbocycles. The number of hydrogen-bond acceptors (Lipinski definition) is 7. The maximum absolute atomic E-state index is 11.9. The van der Waals surface area contributed by atoms with E-state index in [-0.39, 0.29) is 29.3 Å². The Balaban J connectivity index is 2.69. The van der Waals surface area contributed by atoms with Crippen molar-refractivity contribution in [1.82, 2.24) is 9.78 Å². The minimum Gasteiger partial charge on any atom is -0.386 e. The second kappa shape index (κ2) is 4.00. The maximum Gasteiger partial charge on any atom is 0.273 e. The molecule has 0 bridgehead atoms. The molecule has 0 radical (unpaired) electrons. The van der Waals surface area contributed by atoms with E-state index in [9.17, 15) is 4.79 Å². The van der Waals surface area contributed by atoms with Crippen molar-refractivity contribution < 1.29 is 4.79 Å². The summed E-state index contributed by atoms with van der Waals surface area (Å²) in [5, 5.41) is 30.2. The second-order valence-electron chi connectivity index (χ2n) is 3.44. The summed E-state index contributed by atoms with van der Waals surface area (Å²) in [7, 11) is 0. The first-order valence-corrected chi connectivity index (χ1v) is 4.80. The number of rotatable bonds is 1. The van der Waals surface area contributed by atoms with E-state index < -0.39 is 11.8 Å². The van der Waals surface area contributed by atoms with Gasteiger partial charge < -0.3 is 5.73 Å². The van der Waals surface area contributed by atoms with Gasteiger partial charge >= 0.3 is 0 Å². The molecule has 2 N–H and O–H groups in total. The molecular formula is C10H5N7O. The minimum absolute atomic E-state index is 0.0169. The lowest BCUT2D eigenvalue weighted by Crippen LogP contribution is -2.36. The molecule has 1 aliphatic heterocycles. The summed E-state index contributed by atoms with van der Waals surface area (Å²) >= 11 is 0. The van der Waals surface area contributed by atoms with Crippen molar-refractivity contribution in [2.45, 2.75) is 6.42 Å². The van der Waals surface area contributed by atoms with Crippen molar-refractivity contribution >= 4 is 17.6 Å². The SMILES string of the molecule is N#CCc1nn2c(c1C#N)N=C(N)C(C#N)C2=O. The number of hydrogen-bond donors (Lipinski definition) is 1. The van der Waals surface area contributed by atoms with Gasteiger partial charge in [-0.15, -0.1) is 0 Å². The molecule has 0 fully saturated rings.